The van der Waals surface area contributed by atoms with Gasteiger partial charge in [-0.2, -0.15) is 15.6 Å². The van der Waals surface area contributed by atoms with Crippen molar-refractivity contribution in [3.63, 3.8) is 0 Å². The van der Waals surface area contributed by atoms with Crippen molar-refractivity contribution in [2.75, 3.05) is 25.0 Å². The van der Waals surface area contributed by atoms with Crippen LogP contribution < -0.4 is 5.32 Å². The number of rotatable bonds is 8. The highest BCUT2D eigenvalue weighted by atomic mass is 32.2. The van der Waals surface area contributed by atoms with Crippen LogP contribution in [0.5, 0.6) is 0 Å². The molecule has 0 aliphatic carbocycles. The van der Waals surface area contributed by atoms with Crippen molar-refractivity contribution in [1.29, 1.82) is 0 Å². The summed E-state index contributed by atoms with van der Waals surface area (Å²) < 4.78 is 31.1. The summed E-state index contributed by atoms with van der Waals surface area (Å²) in [6.07, 6.45) is 0. The molecule has 2 aromatic rings. The smallest absolute Gasteiger partial charge is 0.339 e. The lowest BCUT2D eigenvalue weighted by molar-refractivity contribution is -0.119. The van der Waals surface area contributed by atoms with E-state index in [1.165, 1.54) is 39.9 Å². The van der Waals surface area contributed by atoms with E-state index in [2.05, 4.69) is 5.32 Å². The second-order valence-electron chi connectivity index (χ2n) is 5.25. The number of esters is 1. The fourth-order valence-electron chi connectivity index (χ4n) is 2.21. The number of benzene rings is 1. The van der Waals surface area contributed by atoms with Crippen LogP contribution in [0.1, 0.15) is 24.2 Å². The van der Waals surface area contributed by atoms with Gasteiger partial charge in [0.05, 0.1) is 10.5 Å². The summed E-state index contributed by atoms with van der Waals surface area (Å²) in [6.45, 7) is 3.88. The zero-order valence-corrected chi connectivity index (χ0v) is 16.1. The minimum atomic E-state index is -3.54. The Balaban J connectivity index is 1.94. The van der Waals surface area contributed by atoms with Crippen molar-refractivity contribution in [3.05, 3.63) is 46.7 Å². The van der Waals surface area contributed by atoms with Gasteiger partial charge in [-0.1, -0.05) is 13.8 Å². The number of anilines is 1. The number of nitrogens with zero attached hydrogens (tertiary/aromatic N) is 1. The van der Waals surface area contributed by atoms with Crippen LogP contribution in [0.2, 0.25) is 0 Å². The zero-order valence-electron chi connectivity index (χ0n) is 14.5. The molecule has 1 N–H and O–H groups in total. The van der Waals surface area contributed by atoms with Crippen molar-refractivity contribution >= 4 is 38.9 Å². The van der Waals surface area contributed by atoms with Gasteiger partial charge in [0.1, 0.15) is 0 Å². The first kappa shape index (κ1) is 20.1. The molecule has 0 saturated heterocycles. The molecule has 2 rings (SSSR count). The molecule has 0 spiro atoms. The first-order valence-corrected chi connectivity index (χ1v) is 10.4. The van der Waals surface area contributed by atoms with Crippen molar-refractivity contribution in [1.82, 2.24) is 4.31 Å². The lowest BCUT2D eigenvalue weighted by Gasteiger charge is -2.18. The minimum absolute atomic E-state index is 0.156. The highest BCUT2D eigenvalue weighted by Crippen LogP contribution is 2.18. The van der Waals surface area contributed by atoms with Crippen LogP contribution in [-0.4, -0.2) is 44.3 Å². The Hall–Kier alpha value is -2.23. The Morgan fingerprint density at radius 2 is 1.77 bits per heavy atom. The Labute approximate surface area is 156 Å². The summed E-state index contributed by atoms with van der Waals surface area (Å²) in [5.74, 6) is -1.07. The molecule has 0 radical (unpaired) electrons. The first-order chi connectivity index (χ1) is 12.4. The summed E-state index contributed by atoms with van der Waals surface area (Å²) in [5.41, 5.74) is 0.814. The predicted octanol–water partition coefficient (Wildman–Crippen LogP) is 2.57. The summed E-state index contributed by atoms with van der Waals surface area (Å²) in [6, 6.07) is 7.46. The quantitative estimate of drug-likeness (QED) is 0.692. The number of hydrogen-bond donors (Lipinski definition) is 1. The summed E-state index contributed by atoms with van der Waals surface area (Å²) in [5, 5.41) is 5.93. The van der Waals surface area contributed by atoms with E-state index in [-0.39, 0.29) is 4.90 Å². The van der Waals surface area contributed by atoms with Gasteiger partial charge in [-0.15, -0.1) is 0 Å². The first-order valence-electron chi connectivity index (χ1n) is 7.97. The maximum Gasteiger partial charge on any atom is 0.339 e. The number of carbonyl (C=O) groups excluding carboxylic acids is 2. The van der Waals surface area contributed by atoms with Gasteiger partial charge in [-0.25, -0.2) is 13.2 Å². The second kappa shape index (κ2) is 8.93. The third-order valence-corrected chi connectivity index (χ3v) is 6.32. The average molecular weight is 396 g/mol. The largest absolute Gasteiger partial charge is 0.452 e. The van der Waals surface area contributed by atoms with Crippen LogP contribution in [0, 0.1) is 0 Å². The van der Waals surface area contributed by atoms with Gasteiger partial charge in [0, 0.05) is 24.2 Å². The molecule has 0 fully saturated rings. The molecular weight excluding hydrogens is 376 g/mol. The summed E-state index contributed by atoms with van der Waals surface area (Å²) >= 11 is 1.36. The summed E-state index contributed by atoms with van der Waals surface area (Å²) in [4.78, 5) is 23.7. The molecule has 7 nitrogen and oxygen atoms in total. The van der Waals surface area contributed by atoms with E-state index < -0.39 is 28.5 Å². The molecule has 0 unspecified atom stereocenters. The van der Waals surface area contributed by atoms with E-state index in [0.717, 1.165) is 0 Å². The number of sulfonamides is 1. The molecule has 0 saturated carbocycles. The molecule has 26 heavy (non-hydrogen) atoms. The van der Waals surface area contributed by atoms with Gasteiger partial charge in [0.15, 0.2) is 6.61 Å². The monoisotopic (exact) mass is 396 g/mol. The van der Waals surface area contributed by atoms with E-state index in [1.54, 1.807) is 30.7 Å². The van der Waals surface area contributed by atoms with Gasteiger partial charge in [-0.3, -0.25) is 4.79 Å². The standard InChI is InChI=1S/C17H20N2O5S2/c1-3-19(4-2)26(22,23)15-7-5-14(6-8-15)18-16(20)11-24-17(21)13-9-10-25-12-13/h5-10,12H,3-4,11H2,1-2H3,(H,18,20). The van der Waals surface area contributed by atoms with Crippen LogP contribution in [0.25, 0.3) is 0 Å². The number of nitrogens with one attached hydrogen (secondary N) is 1. The highest BCUT2D eigenvalue weighted by molar-refractivity contribution is 7.89. The van der Waals surface area contributed by atoms with Crippen molar-refractivity contribution < 1.29 is 22.7 Å². The van der Waals surface area contributed by atoms with Gasteiger partial charge in [-0.05, 0) is 35.7 Å². The third-order valence-electron chi connectivity index (χ3n) is 3.57. The fourth-order valence-corrected chi connectivity index (χ4v) is 4.30. The molecule has 9 heteroatoms. The number of ether oxygens (including phenoxy) is 1. The third kappa shape index (κ3) is 4.90. The molecule has 1 aromatic carbocycles. The molecule has 140 valence electrons. The molecule has 0 aliphatic rings. The Morgan fingerprint density at radius 1 is 1.12 bits per heavy atom. The SMILES string of the molecule is CCN(CC)S(=O)(=O)c1ccc(NC(=O)COC(=O)c2ccsc2)cc1. The number of hydrogen-bond acceptors (Lipinski definition) is 6. The maximum absolute atomic E-state index is 12.4. The number of amides is 1. The van der Waals surface area contributed by atoms with E-state index in [0.29, 0.717) is 24.3 Å². The van der Waals surface area contributed by atoms with Crippen molar-refractivity contribution in [2.45, 2.75) is 18.7 Å². The molecule has 0 aliphatic heterocycles. The van der Waals surface area contributed by atoms with E-state index in [4.69, 9.17) is 4.74 Å². The lowest BCUT2D eigenvalue weighted by Crippen LogP contribution is -2.30. The zero-order chi connectivity index (χ0) is 19.2. The topological polar surface area (TPSA) is 92.8 Å². The second-order valence-corrected chi connectivity index (χ2v) is 7.97. The van der Waals surface area contributed by atoms with Crippen LogP contribution in [-0.2, 0) is 19.6 Å². The Kier molecular flexibility index (Phi) is 6.90. The fraction of sp³-hybridized carbons (Fsp3) is 0.294. The molecule has 1 heterocycles. The van der Waals surface area contributed by atoms with Gasteiger partial charge < -0.3 is 10.1 Å². The number of thiophene rings is 1. The highest BCUT2D eigenvalue weighted by Gasteiger charge is 2.21. The van der Waals surface area contributed by atoms with Crippen molar-refractivity contribution in [3.8, 4) is 0 Å². The molecule has 1 aromatic heterocycles. The van der Waals surface area contributed by atoms with Crippen LogP contribution in [0.3, 0.4) is 0 Å². The summed E-state index contributed by atoms with van der Waals surface area (Å²) in [7, 11) is -3.54. The average Bonchev–Trinajstić information content (AvgIpc) is 3.16. The van der Waals surface area contributed by atoms with E-state index >= 15 is 0 Å². The number of carbonyl (C=O) groups is 2. The lowest BCUT2D eigenvalue weighted by atomic mass is 10.3. The molecule has 0 atom stereocenters. The van der Waals surface area contributed by atoms with Gasteiger partial charge >= 0.3 is 5.97 Å². The van der Waals surface area contributed by atoms with Gasteiger partial charge in [0.2, 0.25) is 10.0 Å². The van der Waals surface area contributed by atoms with Gasteiger partial charge in [0.25, 0.3) is 5.91 Å². The molecule has 1 amide bonds. The van der Waals surface area contributed by atoms with E-state index in [1.807, 2.05) is 0 Å². The van der Waals surface area contributed by atoms with E-state index in [9.17, 15) is 18.0 Å². The Bertz CT molecular complexity index is 842. The Morgan fingerprint density at radius 3 is 2.31 bits per heavy atom. The minimum Gasteiger partial charge on any atom is -0.452 e. The maximum atomic E-state index is 12.4. The van der Waals surface area contributed by atoms with Crippen molar-refractivity contribution in [2.24, 2.45) is 0 Å². The normalized spacial score (nSPS) is 11.3. The molecular formula is C17H20N2O5S2. The van der Waals surface area contributed by atoms with Crippen LogP contribution >= 0.6 is 11.3 Å². The van der Waals surface area contributed by atoms with Crippen LogP contribution in [0.15, 0.2) is 46.0 Å². The predicted molar refractivity (Wildman–Crippen MR) is 99.8 cm³/mol. The van der Waals surface area contributed by atoms with Crippen LogP contribution in [0.4, 0.5) is 5.69 Å². The molecule has 0 bridgehead atoms.